The Morgan fingerprint density at radius 3 is 2.48 bits per heavy atom. The summed E-state index contributed by atoms with van der Waals surface area (Å²) >= 11 is 1.40. The highest BCUT2D eigenvalue weighted by Gasteiger charge is 2.21. The van der Waals surface area contributed by atoms with Crippen molar-refractivity contribution in [1.29, 1.82) is 0 Å². The SMILES string of the molecule is Cc1c(NC(=O)c2c[nH]c(=O)n(Cc3cccs3)c2=O)c(=O)n(-c2ccccc2)n1C. The summed E-state index contributed by atoms with van der Waals surface area (Å²) < 4.78 is 4.00. The maximum Gasteiger partial charge on any atom is 0.328 e. The number of benzene rings is 1. The molecule has 3 heterocycles. The lowest BCUT2D eigenvalue weighted by atomic mass is 10.3. The minimum absolute atomic E-state index is 0.0537. The fourth-order valence-corrected chi connectivity index (χ4v) is 3.96. The number of carbonyl (C=O) groups is 1. The van der Waals surface area contributed by atoms with E-state index in [0.29, 0.717) is 11.4 Å². The van der Waals surface area contributed by atoms with E-state index < -0.39 is 22.7 Å². The van der Waals surface area contributed by atoms with E-state index in [-0.39, 0.29) is 17.8 Å². The quantitative estimate of drug-likeness (QED) is 0.495. The van der Waals surface area contributed by atoms with Gasteiger partial charge >= 0.3 is 5.69 Å². The molecule has 3 aromatic heterocycles. The van der Waals surface area contributed by atoms with Crippen LogP contribution in [0.5, 0.6) is 0 Å². The van der Waals surface area contributed by atoms with Crippen LogP contribution in [-0.4, -0.2) is 24.8 Å². The van der Waals surface area contributed by atoms with Crippen LogP contribution in [0.4, 0.5) is 5.69 Å². The van der Waals surface area contributed by atoms with Crippen LogP contribution in [0.25, 0.3) is 5.69 Å². The zero-order valence-electron chi connectivity index (χ0n) is 16.8. The zero-order chi connectivity index (χ0) is 22.1. The third-order valence-corrected chi connectivity index (χ3v) is 5.85. The first-order valence-electron chi connectivity index (χ1n) is 9.38. The standard InChI is InChI=1S/C21H19N5O4S/c1-13-17(20(29)26(24(13)2)14-7-4-3-5-8-14)23-18(27)16-11-22-21(30)25(19(16)28)12-15-9-6-10-31-15/h3-11H,12H2,1-2H3,(H,22,30)(H,23,27). The van der Waals surface area contributed by atoms with Crippen molar-refractivity contribution >= 4 is 22.9 Å². The van der Waals surface area contributed by atoms with Crippen LogP contribution in [0.15, 0.2) is 68.4 Å². The molecule has 0 unspecified atom stereocenters. The Balaban J connectivity index is 1.71. The van der Waals surface area contributed by atoms with E-state index in [4.69, 9.17) is 0 Å². The fourth-order valence-electron chi connectivity index (χ4n) is 3.27. The van der Waals surface area contributed by atoms with Gasteiger partial charge in [0, 0.05) is 18.1 Å². The van der Waals surface area contributed by atoms with E-state index in [1.165, 1.54) is 16.0 Å². The third kappa shape index (κ3) is 3.68. The van der Waals surface area contributed by atoms with E-state index in [1.54, 1.807) is 49.0 Å². The van der Waals surface area contributed by atoms with Gasteiger partial charge in [-0.1, -0.05) is 24.3 Å². The lowest BCUT2D eigenvalue weighted by Gasteiger charge is -2.07. The van der Waals surface area contributed by atoms with Gasteiger partial charge in [-0.25, -0.2) is 9.48 Å². The van der Waals surface area contributed by atoms with Gasteiger partial charge in [0.25, 0.3) is 17.0 Å². The number of carbonyl (C=O) groups excluding carboxylic acids is 1. The summed E-state index contributed by atoms with van der Waals surface area (Å²) in [6.45, 7) is 1.75. The highest BCUT2D eigenvalue weighted by atomic mass is 32.1. The molecule has 2 N–H and O–H groups in total. The van der Waals surface area contributed by atoms with Crippen molar-refractivity contribution in [3.8, 4) is 5.69 Å². The van der Waals surface area contributed by atoms with Crippen molar-refractivity contribution < 1.29 is 4.79 Å². The molecule has 0 radical (unpaired) electrons. The first kappa shape index (κ1) is 20.4. The van der Waals surface area contributed by atoms with Crippen LogP contribution < -0.4 is 22.1 Å². The second-order valence-electron chi connectivity index (χ2n) is 6.87. The molecule has 4 rings (SSSR count). The molecule has 0 fully saturated rings. The molecule has 0 bridgehead atoms. The maximum atomic E-state index is 13.0. The average molecular weight is 437 g/mol. The molecule has 158 valence electrons. The molecule has 0 atom stereocenters. The van der Waals surface area contributed by atoms with E-state index in [2.05, 4.69) is 10.3 Å². The number of thiophene rings is 1. The summed E-state index contributed by atoms with van der Waals surface area (Å²) in [5, 5.41) is 4.38. The van der Waals surface area contributed by atoms with Gasteiger partial charge in [0.05, 0.1) is 17.9 Å². The number of amides is 1. The van der Waals surface area contributed by atoms with Gasteiger partial charge in [0.15, 0.2) is 0 Å². The largest absolute Gasteiger partial charge is 0.328 e. The van der Waals surface area contributed by atoms with Crippen LogP contribution in [-0.2, 0) is 13.6 Å². The van der Waals surface area contributed by atoms with Gasteiger partial charge in [-0.2, -0.15) is 0 Å². The highest BCUT2D eigenvalue weighted by Crippen LogP contribution is 2.14. The highest BCUT2D eigenvalue weighted by molar-refractivity contribution is 7.09. The molecule has 10 heteroatoms. The number of hydrogen-bond donors (Lipinski definition) is 2. The van der Waals surface area contributed by atoms with Crippen LogP contribution in [0.3, 0.4) is 0 Å². The molecule has 0 spiro atoms. The molecule has 1 aromatic carbocycles. The topological polar surface area (TPSA) is 111 Å². The first-order valence-corrected chi connectivity index (χ1v) is 10.3. The zero-order valence-corrected chi connectivity index (χ0v) is 17.6. The predicted octanol–water partition coefficient (Wildman–Crippen LogP) is 1.70. The maximum absolute atomic E-state index is 13.0. The molecule has 0 aliphatic rings. The summed E-state index contributed by atoms with van der Waals surface area (Å²) in [5.41, 5.74) is -0.810. The molecular formula is C21H19N5O4S. The van der Waals surface area contributed by atoms with Gasteiger partial charge in [0.1, 0.15) is 11.3 Å². The Bertz CT molecular complexity index is 1430. The minimum Gasteiger partial charge on any atom is -0.316 e. The number of aromatic amines is 1. The second-order valence-corrected chi connectivity index (χ2v) is 7.90. The van der Waals surface area contributed by atoms with Crippen molar-refractivity contribution in [2.24, 2.45) is 7.05 Å². The van der Waals surface area contributed by atoms with Gasteiger partial charge in [-0.05, 0) is 30.5 Å². The van der Waals surface area contributed by atoms with E-state index in [9.17, 15) is 19.2 Å². The Hall–Kier alpha value is -3.92. The number of rotatable bonds is 5. The molecule has 0 saturated carbocycles. The van der Waals surface area contributed by atoms with Crippen molar-refractivity contribution in [2.45, 2.75) is 13.5 Å². The van der Waals surface area contributed by atoms with E-state index in [1.807, 2.05) is 17.5 Å². The van der Waals surface area contributed by atoms with Crippen molar-refractivity contribution in [2.75, 3.05) is 5.32 Å². The monoisotopic (exact) mass is 437 g/mol. The van der Waals surface area contributed by atoms with Crippen LogP contribution in [0, 0.1) is 6.92 Å². The number of hydrogen-bond acceptors (Lipinski definition) is 5. The molecular weight excluding hydrogens is 418 g/mol. The van der Waals surface area contributed by atoms with E-state index >= 15 is 0 Å². The van der Waals surface area contributed by atoms with Crippen molar-refractivity contribution in [3.05, 3.63) is 101 Å². The molecule has 9 nitrogen and oxygen atoms in total. The summed E-state index contributed by atoms with van der Waals surface area (Å²) in [6.07, 6.45) is 1.07. The number of H-pyrrole nitrogens is 1. The number of nitrogens with zero attached hydrogens (tertiary/aromatic N) is 3. The lowest BCUT2D eigenvalue weighted by Crippen LogP contribution is -2.39. The smallest absolute Gasteiger partial charge is 0.316 e. The molecule has 0 aliphatic carbocycles. The first-order chi connectivity index (χ1) is 14.9. The molecule has 31 heavy (non-hydrogen) atoms. The third-order valence-electron chi connectivity index (χ3n) is 4.99. The molecule has 0 saturated heterocycles. The van der Waals surface area contributed by atoms with Crippen molar-refractivity contribution in [3.63, 3.8) is 0 Å². The van der Waals surface area contributed by atoms with Crippen molar-refractivity contribution in [1.82, 2.24) is 18.9 Å². The lowest BCUT2D eigenvalue weighted by molar-refractivity contribution is 0.102. The predicted molar refractivity (Wildman–Crippen MR) is 118 cm³/mol. The van der Waals surface area contributed by atoms with Crippen LogP contribution >= 0.6 is 11.3 Å². The summed E-state index contributed by atoms with van der Waals surface area (Å²) in [7, 11) is 1.70. The Morgan fingerprint density at radius 1 is 1.06 bits per heavy atom. The second kappa shape index (κ2) is 8.07. The molecule has 1 amide bonds. The number of nitrogens with one attached hydrogen (secondary N) is 2. The number of aromatic nitrogens is 4. The minimum atomic E-state index is -0.771. The Kier molecular flexibility index (Phi) is 5.30. The molecule has 0 aliphatic heterocycles. The summed E-state index contributed by atoms with van der Waals surface area (Å²) in [5.74, 6) is -0.771. The van der Waals surface area contributed by atoms with Gasteiger partial charge < -0.3 is 10.3 Å². The average Bonchev–Trinajstić information content (AvgIpc) is 3.34. The number of anilines is 1. The number of para-hydroxylation sites is 1. The summed E-state index contributed by atoms with van der Waals surface area (Å²) in [4.78, 5) is 54.0. The van der Waals surface area contributed by atoms with Gasteiger partial charge in [-0.3, -0.25) is 23.6 Å². The van der Waals surface area contributed by atoms with Gasteiger partial charge in [0.2, 0.25) is 0 Å². The van der Waals surface area contributed by atoms with Crippen LogP contribution in [0.1, 0.15) is 20.9 Å². The van der Waals surface area contributed by atoms with E-state index in [0.717, 1.165) is 15.6 Å². The summed E-state index contributed by atoms with van der Waals surface area (Å²) in [6, 6.07) is 12.6. The fraction of sp³-hybridized carbons (Fsp3) is 0.143. The van der Waals surface area contributed by atoms with Crippen LogP contribution in [0.2, 0.25) is 0 Å². The van der Waals surface area contributed by atoms with Gasteiger partial charge in [-0.15, -0.1) is 11.3 Å². The Morgan fingerprint density at radius 2 is 1.81 bits per heavy atom. The normalized spacial score (nSPS) is 10.9. The molecule has 4 aromatic rings. The Labute approximate surface area is 179 Å².